The zero-order valence-electron chi connectivity index (χ0n) is 31.2. The molecule has 0 atom stereocenters. The normalized spacial score (nSPS) is 12.7. The third-order valence-electron chi connectivity index (χ3n) is 11.4. The highest BCUT2D eigenvalue weighted by atomic mass is 16.5. The second-order valence-corrected chi connectivity index (χ2v) is 14.6. The van der Waals surface area contributed by atoms with Crippen LogP contribution in [0.2, 0.25) is 0 Å². The lowest BCUT2D eigenvalue weighted by Gasteiger charge is -2.39. The summed E-state index contributed by atoms with van der Waals surface area (Å²) in [6, 6.07) is 66.9. The lowest BCUT2D eigenvalue weighted by atomic mass is 9.66. The maximum atomic E-state index is 7.28. The van der Waals surface area contributed by atoms with Crippen LogP contribution in [0.15, 0.2) is 194 Å². The first-order chi connectivity index (χ1) is 28.7. The molecular formula is C53H32N4O. The SMILES string of the molecule is [C-]#[N+]c1ccc(-c2ccc(-c3cccc(-c4nc(-c5ccccc5)nc(-c5cccc6c5-c5ccccc5C65c6ccccc6Oc6ccccc65)n4)c3)cc2)cc1. The first kappa shape index (κ1) is 33.4. The van der Waals surface area contributed by atoms with Crippen molar-refractivity contribution in [2.75, 3.05) is 0 Å². The van der Waals surface area contributed by atoms with E-state index in [9.17, 15) is 0 Å². The molecule has 0 bridgehead atoms. The zero-order valence-corrected chi connectivity index (χ0v) is 31.2. The molecular weight excluding hydrogens is 709 g/mol. The van der Waals surface area contributed by atoms with Crippen LogP contribution >= 0.6 is 0 Å². The largest absolute Gasteiger partial charge is 0.457 e. The van der Waals surface area contributed by atoms with Gasteiger partial charge in [0, 0.05) is 27.8 Å². The average Bonchev–Trinajstić information content (AvgIpc) is 3.60. The van der Waals surface area contributed by atoms with E-state index in [0.717, 1.165) is 72.7 Å². The number of fused-ring (bicyclic) bond motifs is 9. The van der Waals surface area contributed by atoms with Gasteiger partial charge in [-0.2, -0.15) is 0 Å². The summed E-state index contributed by atoms with van der Waals surface area (Å²) in [4.78, 5) is 19.2. The highest BCUT2D eigenvalue weighted by Gasteiger charge is 2.51. The molecule has 0 amide bonds. The molecule has 9 aromatic rings. The lowest BCUT2D eigenvalue weighted by Crippen LogP contribution is -2.32. The van der Waals surface area contributed by atoms with E-state index in [4.69, 9.17) is 26.3 Å². The summed E-state index contributed by atoms with van der Waals surface area (Å²) >= 11 is 0. The molecule has 0 fully saturated rings. The molecule has 2 aliphatic rings. The van der Waals surface area contributed by atoms with Crippen LogP contribution in [0.5, 0.6) is 11.5 Å². The van der Waals surface area contributed by atoms with E-state index in [2.05, 4.69) is 132 Å². The van der Waals surface area contributed by atoms with E-state index < -0.39 is 5.41 Å². The van der Waals surface area contributed by atoms with E-state index in [1.54, 1.807) is 0 Å². The fourth-order valence-electron chi connectivity index (χ4n) is 8.85. The van der Waals surface area contributed by atoms with Gasteiger partial charge in [-0.25, -0.2) is 19.8 Å². The Hall–Kier alpha value is -7.94. The van der Waals surface area contributed by atoms with Gasteiger partial charge in [0.25, 0.3) is 0 Å². The highest BCUT2D eigenvalue weighted by molar-refractivity contribution is 5.95. The van der Waals surface area contributed by atoms with Crippen molar-refractivity contribution >= 4 is 5.69 Å². The summed E-state index contributed by atoms with van der Waals surface area (Å²) in [7, 11) is 0. The summed E-state index contributed by atoms with van der Waals surface area (Å²) in [6.07, 6.45) is 0. The third kappa shape index (κ3) is 5.20. The van der Waals surface area contributed by atoms with Gasteiger partial charge in [0.2, 0.25) is 0 Å². The molecule has 2 heterocycles. The minimum absolute atomic E-state index is 0.600. The molecule has 0 unspecified atom stereocenters. The molecule has 270 valence electrons. The predicted molar refractivity (Wildman–Crippen MR) is 231 cm³/mol. The third-order valence-corrected chi connectivity index (χ3v) is 11.4. The van der Waals surface area contributed by atoms with Gasteiger partial charge in [-0.15, -0.1) is 0 Å². The van der Waals surface area contributed by atoms with Crippen LogP contribution in [0.3, 0.4) is 0 Å². The molecule has 0 saturated heterocycles. The Bertz CT molecular complexity index is 3050. The Labute approximate surface area is 336 Å². The van der Waals surface area contributed by atoms with Crippen LogP contribution in [0, 0.1) is 6.57 Å². The van der Waals surface area contributed by atoms with Crippen LogP contribution in [-0.4, -0.2) is 15.0 Å². The number of para-hydroxylation sites is 2. The van der Waals surface area contributed by atoms with Crippen molar-refractivity contribution in [3.8, 4) is 79.0 Å². The first-order valence-electron chi connectivity index (χ1n) is 19.3. The minimum Gasteiger partial charge on any atom is -0.457 e. The molecule has 0 N–H and O–H groups in total. The summed E-state index contributed by atoms with van der Waals surface area (Å²) in [6.45, 7) is 7.28. The molecule has 11 rings (SSSR count). The average molecular weight is 741 g/mol. The summed E-state index contributed by atoms with van der Waals surface area (Å²) < 4.78 is 6.57. The van der Waals surface area contributed by atoms with Crippen molar-refractivity contribution < 1.29 is 4.74 Å². The molecule has 1 aromatic heterocycles. The second-order valence-electron chi connectivity index (χ2n) is 14.6. The van der Waals surface area contributed by atoms with Crippen molar-refractivity contribution in [1.82, 2.24) is 15.0 Å². The fraction of sp³-hybridized carbons (Fsp3) is 0.0189. The van der Waals surface area contributed by atoms with Crippen molar-refractivity contribution in [1.29, 1.82) is 0 Å². The Morgan fingerprint density at radius 1 is 0.379 bits per heavy atom. The van der Waals surface area contributed by atoms with Crippen molar-refractivity contribution in [3.63, 3.8) is 0 Å². The Balaban J connectivity index is 1.08. The maximum absolute atomic E-state index is 7.28. The Morgan fingerprint density at radius 3 is 1.55 bits per heavy atom. The molecule has 0 saturated carbocycles. The first-order valence-corrected chi connectivity index (χ1v) is 19.3. The summed E-state index contributed by atoms with van der Waals surface area (Å²) in [5.74, 6) is 3.53. The predicted octanol–water partition coefficient (Wildman–Crippen LogP) is 13.2. The highest BCUT2D eigenvalue weighted by Crippen LogP contribution is 2.63. The quantitative estimate of drug-likeness (QED) is 0.165. The standard InChI is InChI=1S/C53H32N4O/c1-54-40-31-29-35(30-32-40)34-25-27-36(28-26-34)38-15-11-16-39(33-38)51-55-50(37-13-3-2-4-14-37)56-52(57-51)42-18-12-22-46-49(42)41-17-5-6-19-43(41)53(46)44-20-7-9-23-47(44)58-48-24-10-8-21-45(48)53/h2-33H. The molecule has 58 heavy (non-hydrogen) atoms. The van der Waals surface area contributed by atoms with E-state index >= 15 is 0 Å². The van der Waals surface area contributed by atoms with Gasteiger partial charge in [0.05, 0.1) is 12.0 Å². The summed E-state index contributed by atoms with van der Waals surface area (Å²) in [5, 5.41) is 0. The second kappa shape index (κ2) is 13.4. The van der Waals surface area contributed by atoms with E-state index in [1.807, 2.05) is 66.7 Å². The van der Waals surface area contributed by atoms with Crippen molar-refractivity contribution in [2.24, 2.45) is 0 Å². The van der Waals surface area contributed by atoms with Crippen molar-refractivity contribution in [3.05, 3.63) is 228 Å². The van der Waals surface area contributed by atoms with E-state index in [-0.39, 0.29) is 0 Å². The number of hydrogen-bond donors (Lipinski definition) is 0. The number of benzene rings is 8. The number of ether oxygens (including phenoxy) is 1. The molecule has 1 aliphatic carbocycles. The Morgan fingerprint density at radius 2 is 0.862 bits per heavy atom. The van der Waals surface area contributed by atoms with Gasteiger partial charge < -0.3 is 4.74 Å². The van der Waals surface area contributed by atoms with E-state index in [0.29, 0.717) is 23.2 Å². The van der Waals surface area contributed by atoms with Crippen LogP contribution in [-0.2, 0) is 5.41 Å². The minimum atomic E-state index is -0.601. The van der Waals surface area contributed by atoms with Gasteiger partial charge in [-0.3, -0.25) is 0 Å². The van der Waals surface area contributed by atoms with Crippen molar-refractivity contribution in [2.45, 2.75) is 5.41 Å². The molecule has 1 spiro atoms. The summed E-state index contributed by atoms with van der Waals surface area (Å²) in [5.41, 5.74) is 14.0. The lowest BCUT2D eigenvalue weighted by molar-refractivity contribution is 0.436. The number of rotatable bonds is 5. The molecule has 5 nitrogen and oxygen atoms in total. The van der Waals surface area contributed by atoms with E-state index in [1.165, 1.54) is 11.1 Å². The molecule has 5 heteroatoms. The van der Waals surface area contributed by atoms with Gasteiger partial charge in [-0.05, 0) is 62.7 Å². The topological polar surface area (TPSA) is 52.3 Å². The Kier molecular flexibility index (Phi) is 7.70. The number of hydrogen-bond acceptors (Lipinski definition) is 4. The van der Waals surface area contributed by atoms with Crippen LogP contribution in [0.1, 0.15) is 22.3 Å². The molecule has 0 radical (unpaired) electrons. The number of nitrogens with zero attached hydrogens (tertiary/aromatic N) is 4. The molecule has 1 aliphatic heterocycles. The fourth-order valence-corrected chi connectivity index (χ4v) is 8.85. The maximum Gasteiger partial charge on any atom is 0.187 e. The van der Waals surface area contributed by atoms with Gasteiger partial charge in [-0.1, -0.05) is 176 Å². The van der Waals surface area contributed by atoms with Gasteiger partial charge in [0.1, 0.15) is 11.5 Å². The molecule has 8 aromatic carbocycles. The van der Waals surface area contributed by atoms with Crippen LogP contribution < -0.4 is 4.74 Å². The van der Waals surface area contributed by atoms with Gasteiger partial charge >= 0.3 is 0 Å². The van der Waals surface area contributed by atoms with Gasteiger partial charge in [0.15, 0.2) is 23.2 Å². The number of aromatic nitrogens is 3. The smallest absolute Gasteiger partial charge is 0.187 e. The van der Waals surface area contributed by atoms with Crippen LogP contribution in [0.4, 0.5) is 5.69 Å². The zero-order chi connectivity index (χ0) is 38.6. The van der Waals surface area contributed by atoms with Crippen LogP contribution in [0.25, 0.3) is 72.4 Å². The monoisotopic (exact) mass is 740 g/mol.